The highest BCUT2D eigenvalue weighted by atomic mass is 16.1. The van der Waals surface area contributed by atoms with E-state index in [0.29, 0.717) is 11.7 Å². The molecule has 4 saturated carbocycles. The van der Waals surface area contributed by atoms with Crippen LogP contribution in [0.15, 0.2) is 0 Å². The van der Waals surface area contributed by atoms with Crippen molar-refractivity contribution in [3.05, 3.63) is 0 Å². The quantitative estimate of drug-likeness (QED) is 0.382. The topological polar surface area (TPSA) is 34.1 Å². The van der Waals surface area contributed by atoms with Crippen LogP contribution in [0, 0.1) is 41.4 Å². The van der Waals surface area contributed by atoms with Crippen LogP contribution in [0.3, 0.4) is 0 Å². The van der Waals surface area contributed by atoms with E-state index in [1.165, 1.54) is 109 Å². The van der Waals surface area contributed by atoms with E-state index in [2.05, 4.69) is 13.8 Å². The van der Waals surface area contributed by atoms with Gasteiger partial charge in [0.2, 0.25) is 0 Å². The predicted molar refractivity (Wildman–Crippen MR) is 130 cm³/mol. The Bertz CT molecular complexity index is 523. The van der Waals surface area contributed by atoms with Crippen LogP contribution in [0.4, 0.5) is 0 Å². The number of aldehydes is 1. The summed E-state index contributed by atoms with van der Waals surface area (Å²) in [5.41, 5.74) is 0. The van der Waals surface area contributed by atoms with E-state index in [9.17, 15) is 9.59 Å². The van der Waals surface area contributed by atoms with Crippen LogP contribution in [0.1, 0.15) is 129 Å². The lowest BCUT2D eigenvalue weighted by Crippen LogP contribution is -2.21. The first-order valence-electron chi connectivity index (χ1n) is 14.1. The fraction of sp³-hybridized carbons (Fsp3) is 0.931. The van der Waals surface area contributed by atoms with Gasteiger partial charge in [-0.1, -0.05) is 52.4 Å². The SMILES string of the molecule is CCCC1CCC(C2CCC(=O)CC2)C1.CCCC1CCC(C2CCC(C=O)CC2)C1. The van der Waals surface area contributed by atoms with Crippen LogP contribution >= 0.6 is 0 Å². The molecule has 4 unspecified atom stereocenters. The van der Waals surface area contributed by atoms with Gasteiger partial charge in [-0.05, 0) is 99.7 Å². The third kappa shape index (κ3) is 7.71. The van der Waals surface area contributed by atoms with E-state index < -0.39 is 0 Å². The van der Waals surface area contributed by atoms with E-state index in [4.69, 9.17) is 0 Å². The minimum absolute atomic E-state index is 0.393. The van der Waals surface area contributed by atoms with Crippen LogP contribution in [-0.4, -0.2) is 12.1 Å². The number of Topliss-reactive ketones (excluding diaryl/α,β-unsaturated/α-hetero) is 1. The van der Waals surface area contributed by atoms with Crippen molar-refractivity contribution in [3.63, 3.8) is 0 Å². The maximum atomic E-state index is 11.2. The Morgan fingerprint density at radius 1 is 0.645 bits per heavy atom. The zero-order chi connectivity index (χ0) is 22.1. The second-order valence-electron chi connectivity index (χ2n) is 11.6. The van der Waals surface area contributed by atoms with Crippen molar-refractivity contribution in [3.8, 4) is 0 Å². The smallest absolute Gasteiger partial charge is 0.132 e. The molecule has 2 heteroatoms. The second-order valence-corrected chi connectivity index (χ2v) is 11.6. The van der Waals surface area contributed by atoms with E-state index in [-0.39, 0.29) is 0 Å². The van der Waals surface area contributed by atoms with Crippen molar-refractivity contribution in [2.45, 2.75) is 129 Å². The number of hydrogen-bond donors (Lipinski definition) is 0. The Balaban J connectivity index is 0.000000176. The lowest BCUT2D eigenvalue weighted by atomic mass is 9.75. The summed E-state index contributed by atoms with van der Waals surface area (Å²) in [4.78, 5) is 21.9. The van der Waals surface area contributed by atoms with Gasteiger partial charge in [-0.15, -0.1) is 0 Å². The fourth-order valence-electron chi connectivity index (χ4n) is 7.61. The molecule has 0 bridgehead atoms. The van der Waals surface area contributed by atoms with Crippen molar-refractivity contribution in [1.82, 2.24) is 0 Å². The first-order valence-corrected chi connectivity index (χ1v) is 14.1. The Labute approximate surface area is 192 Å². The summed E-state index contributed by atoms with van der Waals surface area (Å²) >= 11 is 0. The van der Waals surface area contributed by atoms with Gasteiger partial charge in [0.15, 0.2) is 0 Å². The highest BCUT2D eigenvalue weighted by Gasteiger charge is 2.33. The van der Waals surface area contributed by atoms with Crippen LogP contribution in [0.5, 0.6) is 0 Å². The zero-order valence-corrected chi connectivity index (χ0v) is 20.7. The average molecular weight is 431 g/mol. The van der Waals surface area contributed by atoms with Crippen molar-refractivity contribution in [2.75, 3.05) is 0 Å². The number of carbonyl (C=O) groups is 2. The summed E-state index contributed by atoms with van der Waals surface area (Å²) in [6.07, 6.45) is 24.7. The first-order chi connectivity index (χ1) is 15.1. The van der Waals surface area contributed by atoms with E-state index in [0.717, 1.165) is 48.3 Å². The molecule has 0 N–H and O–H groups in total. The van der Waals surface area contributed by atoms with Gasteiger partial charge in [0.1, 0.15) is 12.1 Å². The summed E-state index contributed by atoms with van der Waals surface area (Å²) < 4.78 is 0. The molecule has 4 rings (SSSR count). The molecule has 0 aromatic heterocycles. The molecular formula is C29H50O2. The Hall–Kier alpha value is -0.660. The van der Waals surface area contributed by atoms with Gasteiger partial charge in [-0.3, -0.25) is 4.79 Å². The Kier molecular flexibility index (Phi) is 10.6. The van der Waals surface area contributed by atoms with Crippen molar-refractivity contribution >= 4 is 12.1 Å². The maximum Gasteiger partial charge on any atom is 0.132 e. The minimum atomic E-state index is 0.393. The number of carbonyl (C=O) groups excluding carboxylic acids is 2. The number of ketones is 1. The van der Waals surface area contributed by atoms with Crippen LogP contribution in [0.25, 0.3) is 0 Å². The molecule has 4 aliphatic carbocycles. The van der Waals surface area contributed by atoms with Gasteiger partial charge in [-0.2, -0.15) is 0 Å². The van der Waals surface area contributed by atoms with E-state index in [1.54, 1.807) is 0 Å². The van der Waals surface area contributed by atoms with Crippen molar-refractivity contribution in [1.29, 1.82) is 0 Å². The van der Waals surface area contributed by atoms with Gasteiger partial charge < -0.3 is 4.79 Å². The lowest BCUT2D eigenvalue weighted by Gasteiger charge is -2.30. The molecule has 0 spiro atoms. The summed E-state index contributed by atoms with van der Waals surface area (Å²) in [6.45, 7) is 4.61. The molecule has 178 valence electrons. The van der Waals surface area contributed by atoms with Gasteiger partial charge in [0.05, 0.1) is 0 Å². The standard InChI is InChI=1S/C15H26O.C14H24O/c1-2-3-12-4-9-15(10-12)14-7-5-13(11-16)6-8-14;1-2-3-11-4-5-13(10-11)12-6-8-14(15)9-7-12/h11-15H,2-10H2,1H3;11-13H,2-10H2,1H3. The zero-order valence-electron chi connectivity index (χ0n) is 20.7. The molecule has 0 amide bonds. The summed E-state index contributed by atoms with van der Waals surface area (Å²) in [5, 5.41) is 0. The van der Waals surface area contributed by atoms with Gasteiger partial charge in [0.25, 0.3) is 0 Å². The molecule has 4 aliphatic rings. The molecule has 0 aromatic carbocycles. The summed E-state index contributed by atoms with van der Waals surface area (Å²) in [6, 6.07) is 0. The molecule has 31 heavy (non-hydrogen) atoms. The molecule has 0 aliphatic heterocycles. The maximum absolute atomic E-state index is 11.2. The van der Waals surface area contributed by atoms with Gasteiger partial charge >= 0.3 is 0 Å². The molecule has 0 aromatic rings. The van der Waals surface area contributed by atoms with E-state index in [1.807, 2.05) is 0 Å². The van der Waals surface area contributed by atoms with Gasteiger partial charge in [-0.25, -0.2) is 0 Å². The summed E-state index contributed by atoms with van der Waals surface area (Å²) in [5.74, 6) is 6.76. The fourth-order valence-corrected chi connectivity index (χ4v) is 7.61. The Morgan fingerprint density at radius 2 is 1.10 bits per heavy atom. The minimum Gasteiger partial charge on any atom is -0.303 e. The highest BCUT2D eigenvalue weighted by molar-refractivity contribution is 5.79. The van der Waals surface area contributed by atoms with E-state index >= 15 is 0 Å². The average Bonchev–Trinajstić information content (AvgIpc) is 3.45. The molecule has 2 nitrogen and oxygen atoms in total. The largest absolute Gasteiger partial charge is 0.303 e. The molecule has 0 heterocycles. The molecular weight excluding hydrogens is 380 g/mol. The predicted octanol–water partition coefficient (Wildman–Crippen LogP) is 8.17. The molecule has 4 fully saturated rings. The van der Waals surface area contributed by atoms with Crippen molar-refractivity contribution in [2.24, 2.45) is 41.4 Å². The van der Waals surface area contributed by atoms with Crippen molar-refractivity contribution < 1.29 is 9.59 Å². The Morgan fingerprint density at radius 3 is 1.55 bits per heavy atom. The monoisotopic (exact) mass is 430 g/mol. The number of rotatable bonds is 7. The first kappa shape index (κ1) is 25.0. The molecule has 0 radical (unpaired) electrons. The lowest BCUT2D eigenvalue weighted by molar-refractivity contribution is -0.121. The third-order valence-corrected chi connectivity index (χ3v) is 9.49. The van der Waals surface area contributed by atoms with Gasteiger partial charge in [0, 0.05) is 18.8 Å². The normalized spacial score (nSPS) is 36.8. The van der Waals surface area contributed by atoms with Crippen LogP contribution in [0.2, 0.25) is 0 Å². The molecule has 4 atom stereocenters. The third-order valence-electron chi connectivity index (χ3n) is 9.49. The second kappa shape index (κ2) is 13.1. The van der Waals surface area contributed by atoms with Crippen LogP contribution in [-0.2, 0) is 9.59 Å². The summed E-state index contributed by atoms with van der Waals surface area (Å²) in [7, 11) is 0. The number of hydrogen-bond acceptors (Lipinski definition) is 2. The molecule has 0 saturated heterocycles. The highest BCUT2D eigenvalue weighted by Crippen LogP contribution is 2.44. The van der Waals surface area contributed by atoms with Crippen LogP contribution < -0.4 is 0 Å².